The van der Waals surface area contributed by atoms with E-state index in [0.717, 1.165) is 19.3 Å². The Morgan fingerprint density at radius 2 is 1.93 bits per heavy atom. The molecule has 1 aromatic heterocycles. The lowest BCUT2D eigenvalue weighted by Crippen LogP contribution is -2.20. The van der Waals surface area contributed by atoms with Gasteiger partial charge in [-0.3, -0.25) is 0 Å². The molecule has 0 bridgehead atoms. The zero-order valence-electron chi connectivity index (χ0n) is 9.75. The van der Waals surface area contributed by atoms with Gasteiger partial charge in [-0.15, -0.1) is 0 Å². The third-order valence-electron chi connectivity index (χ3n) is 3.62. The summed E-state index contributed by atoms with van der Waals surface area (Å²) in [7, 11) is 0. The van der Waals surface area contributed by atoms with Gasteiger partial charge in [-0.25, -0.2) is 9.97 Å². The van der Waals surface area contributed by atoms with Gasteiger partial charge in [0.15, 0.2) is 0 Å². The Hall–Kier alpha value is -1.18. The Labute approximate surface area is 91.5 Å². The van der Waals surface area contributed by atoms with Crippen molar-refractivity contribution in [1.82, 2.24) is 9.97 Å². The topological polar surface area (TPSA) is 25.8 Å². The Balaban J connectivity index is 2.59. The molecule has 2 heteroatoms. The van der Waals surface area contributed by atoms with E-state index >= 15 is 0 Å². The molecule has 0 N–H and O–H groups in total. The van der Waals surface area contributed by atoms with Gasteiger partial charge < -0.3 is 0 Å². The van der Waals surface area contributed by atoms with Crippen LogP contribution >= 0.6 is 0 Å². The minimum Gasteiger partial charge on any atom is -0.244 e. The fraction of sp³-hybridized carbons (Fsp3) is 0.538. The summed E-state index contributed by atoms with van der Waals surface area (Å²) in [5, 5.41) is 0. The van der Waals surface area contributed by atoms with Crippen LogP contribution in [-0.4, -0.2) is 9.97 Å². The van der Waals surface area contributed by atoms with E-state index in [1.54, 1.807) is 6.33 Å². The number of rotatable bonds is 3. The number of aromatic nitrogens is 2. The molecular weight excluding hydrogens is 184 g/mol. The molecular formula is C13H18N2. The van der Waals surface area contributed by atoms with Crippen molar-refractivity contribution in [3.8, 4) is 0 Å². The highest BCUT2D eigenvalue weighted by molar-refractivity contribution is 5.74. The highest BCUT2D eigenvalue weighted by Crippen LogP contribution is 2.44. The SMILES string of the molecule is CCC1=CC(CC)(CC)c2ncncc21. The fourth-order valence-electron chi connectivity index (χ4n) is 2.52. The molecule has 2 rings (SSSR count). The van der Waals surface area contributed by atoms with Gasteiger partial charge in [-0.05, 0) is 24.8 Å². The fourth-order valence-corrected chi connectivity index (χ4v) is 2.52. The lowest BCUT2D eigenvalue weighted by molar-refractivity contribution is 0.490. The monoisotopic (exact) mass is 202 g/mol. The van der Waals surface area contributed by atoms with Crippen LogP contribution in [0, 0.1) is 0 Å². The smallest absolute Gasteiger partial charge is 0.115 e. The van der Waals surface area contributed by atoms with Crippen LogP contribution in [0.4, 0.5) is 0 Å². The standard InChI is InChI=1S/C13H18N2/c1-4-10-7-13(5-2,6-3)12-11(10)8-14-9-15-12/h7-9H,4-6H2,1-3H3. The maximum atomic E-state index is 4.49. The first-order chi connectivity index (χ1) is 7.27. The van der Waals surface area contributed by atoms with Crippen LogP contribution in [0.25, 0.3) is 5.57 Å². The molecule has 0 unspecified atom stereocenters. The summed E-state index contributed by atoms with van der Waals surface area (Å²) in [6.07, 6.45) is 9.36. The largest absolute Gasteiger partial charge is 0.244 e. The van der Waals surface area contributed by atoms with Crippen molar-refractivity contribution in [1.29, 1.82) is 0 Å². The number of hydrogen-bond acceptors (Lipinski definition) is 2. The molecule has 1 aromatic rings. The third kappa shape index (κ3) is 1.39. The summed E-state index contributed by atoms with van der Waals surface area (Å²) in [5.74, 6) is 0. The Kier molecular flexibility index (Phi) is 2.59. The highest BCUT2D eigenvalue weighted by Gasteiger charge is 2.35. The average Bonchev–Trinajstić information content (AvgIpc) is 2.64. The van der Waals surface area contributed by atoms with E-state index < -0.39 is 0 Å². The van der Waals surface area contributed by atoms with Crippen molar-refractivity contribution in [2.75, 3.05) is 0 Å². The van der Waals surface area contributed by atoms with Crippen LogP contribution in [-0.2, 0) is 5.41 Å². The zero-order valence-corrected chi connectivity index (χ0v) is 9.75. The highest BCUT2D eigenvalue weighted by atomic mass is 14.8. The minimum absolute atomic E-state index is 0.170. The number of nitrogens with zero attached hydrogens (tertiary/aromatic N) is 2. The van der Waals surface area contributed by atoms with E-state index in [1.807, 2.05) is 6.20 Å². The number of fused-ring (bicyclic) bond motifs is 1. The first-order valence-electron chi connectivity index (χ1n) is 5.80. The van der Waals surface area contributed by atoms with Crippen LogP contribution in [0.1, 0.15) is 51.3 Å². The van der Waals surface area contributed by atoms with Crippen molar-refractivity contribution < 1.29 is 0 Å². The average molecular weight is 202 g/mol. The molecule has 0 aliphatic heterocycles. The molecule has 1 heterocycles. The second-order valence-corrected chi connectivity index (χ2v) is 4.17. The van der Waals surface area contributed by atoms with E-state index in [-0.39, 0.29) is 5.41 Å². The van der Waals surface area contributed by atoms with Crippen molar-refractivity contribution in [3.05, 3.63) is 29.9 Å². The van der Waals surface area contributed by atoms with Gasteiger partial charge in [0.1, 0.15) is 6.33 Å². The first-order valence-corrected chi connectivity index (χ1v) is 5.80. The molecule has 0 saturated carbocycles. The number of hydrogen-bond donors (Lipinski definition) is 0. The molecule has 80 valence electrons. The van der Waals surface area contributed by atoms with Crippen molar-refractivity contribution >= 4 is 5.57 Å². The first kappa shape index (κ1) is 10.3. The second kappa shape index (κ2) is 3.76. The van der Waals surface area contributed by atoms with Crippen LogP contribution in [0.3, 0.4) is 0 Å². The summed E-state index contributed by atoms with van der Waals surface area (Å²) in [5.41, 5.74) is 4.08. The van der Waals surface area contributed by atoms with Crippen LogP contribution in [0.5, 0.6) is 0 Å². The lowest BCUT2D eigenvalue weighted by Gasteiger charge is -2.24. The summed E-state index contributed by atoms with van der Waals surface area (Å²) >= 11 is 0. The van der Waals surface area contributed by atoms with Crippen LogP contribution in [0.15, 0.2) is 18.6 Å². The molecule has 2 nitrogen and oxygen atoms in total. The van der Waals surface area contributed by atoms with E-state index in [1.165, 1.54) is 16.8 Å². The molecule has 0 aromatic carbocycles. The van der Waals surface area contributed by atoms with Gasteiger partial charge in [-0.1, -0.05) is 26.8 Å². The predicted molar refractivity (Wildman–Crippen MR) is 62.6 cm³/mol. The Morgan fingerprint density at radius 1 is 1.20 bits per heavy atom. The molecule has 0 amide bonds. The van der Waals surface area contributed by atoms with Gasteiger partial charge in [0, 0.05) is 17.2 Å². The molecule has 0 spiro atoms. The molecule has 0 atom stereocenters. The maximum Gasteiger partial charge on any atom is 0.115 e. The van der Waals surface area contributed by atoms with Gasteiger partial charge in [0.05, 0.1) is 5.69 Å². The van der Waals surface area contributed by atoms with Gasteiger partial charge in [-0.2, -0.15) is 0 Å². The van der Waals surface area contributed by atoms with Crippen molar-refractivity contribution in [3.63, 3.8) is 0 Å². The third-order valence-corrected chi connectivity index (χ3v) is 3.62. The quantitative estimate of drug-likeness (QED) is 0.751. The summed E-state index contributed by atoms with van der Waals surface area (Å²) in [6, 6.07) is 0. The summed E-state index contributed by atoms with van der Waals surface area (Å²) in [6.45, 7) is 6.68. The van der Waals surface area contributed by atoms with Crippen molar-refractivity contribution in [2.45, 2.75) is 45.4 Å². The predicted octanol–water partition coefficient (Wildman–Crippen LogP) is 3.34. The lowest BCUT2D eigenvalue weighted by atomic mass is 9.81. The molecule has 1 aliphatic rings. The van der Waals surface area contributed by atoms with Gasteiger partial charge in [0.2, 0.25) is 0 Å². The van der Waals surface area contributed by atoms with E-state index in [0.29, 0.717) is 0 Å². The maximum absolute atomic E-state index is 4.49. The molecule has 0 radical (unpaired) electrons. The van der Waals surface area contributed by atoms with Crippen molar-refractivity contribution in [2.24, 2.45) is 0 Å². The molecule has 0 saturated heterocycles. The Bertz CT molecular complexity index is 389. The normalized spacial score (nSPS) is 17.4. The minimum atomic E-state index is 0.170. The molecule has 1 aliphatic carbocycles. The van der Waals surface area contributed by atoms with E-state index in [9.17, 15) is 0 Å². The zero-order chi connectivity index (χ0) is 10.9. The van der Waals surface area contributed by atoms with Crippen LogP contribution < -0.4 is 0 Å². The second-order valence-electron chi connectivity index (χ2n) is 4.17. The van der Waals surface area contributed by atoms with E-state index in [2.05, 4.69) is 36.8 Å². The van der Waals surface area contributed by atoms with E-state index in [4.69, 9.17) is 0 Å². The van der Waals surface area contributed by atoms with Crippen LogP contribution in [0.2, 0.25) is 0 Å². The van der Waals surface area contributed by atoms with Gasteiger partial charge in [0.25, 0.3) is 0 Å². The number of allylic oxidation sites excluding steroid dienone is 2. The molecule has 15 heavy (non-hydrogen) atoms. The molecule has 0 fully saturated rings. The summed E-state index contributed by atoms with van der Waals surface area (Å²) < 4.78 is 0. The Morgan fingerprint density at radius 3 is 2.53 bits per heavy atom. The summed E-state index contributed by atoms with van der Waals surface area (Å²) in [4.78, 5) is 8.63. The van der Waals surface area contributed by atoms with Gasteiger partial charge >= 0.3 is 0 Å².